The van der Waals surface area contributed by atoms with E-state index in [0.717, 1.165) is 17.7 Å². The molecule has 1 aliphatic heterocycles. The number of hydrogen-bond donors (Lipinski definition) is 0. The molecule has 1 heterocycles. The lowest BCUT2D eigenvalue weighted by molar-refractivity contribution is -0.125. The predicted molar refractivity (Wildman–Crippen MR) is 77.0 cm³/mol. The summed E-state index contributed by atoms with van der Waals surface area (Å²) in [6.45, 7) is 4.99. The Morgan fingerprint density at radius 3 is 2.85 bits per heavy atom. The van der Waals surface area contributed by atoms with Gasteiger partial charge in [-0.2, -0.15) is 0 Å². The number of likely N-dealkylation sites (tertiary alicyclic amines) is 1. The number of aryl methyl sites for hydroxylation is 1. The van der Waals surface area contributed by atoms with Crippen molar-refractivity contribution >= 4 is 11.7 Å². The molecule has 20 heavy (non-hydrogen) atoms. The zero-order chi connectivity index (χ0) is 14.7. The van der Waals surface area contributed by atoms with Crippen molar-refractivity contribution in [3.05, 3.63) is 29.3 Å². The Balaban J connectivity index is 2.17. The van der Waals surface area contributed by atoms with E-state index in [1.54, 1.807) is 18.1 Å². The van der Waals surface area contributed by atoms with Gasteiger partial charge in [-0.05, 0) is 31.0 Å². The van der Waals surface area contributed by atoms with Crippen LogP contribution in [-0.4, -0.2) is 36.8 Å². The summed E-state index contributed by atoms with van der Waals surface area (Å²) < 4.78 is 5.26. The fourth-order valence-corrected chi connectivity index (χ4v) is 2.59. The highest BCUT2D eigenvalue weighted by molar-refractivity contribution is 5.96. The van der Waals surface area contributed by atoms with Crippen LogP contribution in [0.25, 0.3) is 0 Å². The number of ether oxygens (including phenoxy) is 1. The number of Topliss-reactive ketones (excluding diaryl/α,β-unsaturated/α-hetero) is 1. The summed E-state index contributed by atoms with van der Waals surface area (Å²) in [5.41, 5.74) is 1.63. The molecule has 0 spiro atoms. The smallest absolute Gasteiger partial charge is 0.254 e. The van der Waals surface area contributed by atoms with Gasteiger partial charge in [-0.3, -0.25) is 9.59 Å². The summed E-state index contributed by atoms with van der Waals surface area (Å²) in [4.78, 5) is 26.0. The maximum absolute atomic E-state index is 12.5. The molecule has 0 saturated carbocycles. The van der Waals surface area contributed by atoms with Crippen molar-refractivity contribution in [2.45, 2.75) is 26.7 Å². The third-order valence-corrected chi connectivity index (χ3v) is 3.96. The molecular formula is C16H21NO3. The first-order chi connectivity index (χ1) is 9.56. The van der Waals surface area contributed by atoms with Crippen molar-refractivity contribution in [3.63, 3.8) is 0 Å². The minimum absolute atomic E-state index is 0.0138. The predicted octanol–water partition coefficient (Wildman–Crippen LogP) is 2.44. The van der Waals surface area contributed by atoms with Crippen LogP contribution in [0.2, 0.25) is 0 Å². The molecule has 1 atom stereocenters. The SMILES string of the molecule is CCC1CN(C(=O)c2ccc(C)c(OC)c2)CCC1=O. The summed E-state index contributed by atoms with van der Waals surface area (Å²) in [5.74, 6) is 0.961. The molecule has 0 radical (unpaired) electrons. The Morgan fingerprint density at radius 2 is 2.20 bits per heavy atom. The summed E-state index contributed by atoms with van der Waals surface area (Å²) in [5, 5.41) is 0. The fraction of sp³-hybridized carbons (Fsp3) is 0.500. The number of methoxy groups -OCH3 is 1. The number of amides is 1. The van der Waals surface area contributed by atoms with Crippen molar-refractivity contribution < 1.29 is 14.3 Å². The first kappa shape index (κ1) is 14.6. The minimum Gasteiger partial charge on any atom is -0.496 e. The Kier molecular flexibility index (Phi) is 4.42. The van der Waals surface area contributed by atoms with Gasteiger partial charge < -0.3 is 9.64 Å². The summed E-state index contributed by atoms with van der Waals surface area (Å²) in [6, 6.07) is 5.48. The van der Waals surface area contributed by atoms with Crippen LogP contribution in [-0.2, 0) is 4.79 Å². The number of carbonyl (C=O) groups is 2. The van der Waals surface area contributed by atoms with Crippen LogP contribution in [0.3, 0.4) is 0 Å². The second-order valence-corrected chi connectivity index (χ2v) is 5.26. The Morgan fingerprint density at radius 1 is 1.45 bits per heavy atom. The zero-order valence-electron chi connectivity index (χ0n) is 12.3. The minimum atomic E-state index is -0.0192. The van der Waals surface area contributed by atoms with Crippen molar-refractivity contribution in [1.29, 1.82) is 0 Å². The van der Waals surface area contributed by atoms with E-state index < -0.39 is 0 Å². The van der Waals surface area contributed by atoms with Crippen LogP contribution in [0.4, 0.5) is 0 Å². The zero-order valence-corrected chi connectivity index (χ0v) is 12.3. The van der Waals surface area contributed by atoms with Gasteiger partial charge in [0.05, 0.1) is 7.11 Å². The highest BCUT2D eigenvalue weighted by atomic mass is 16.5. The van der Waals surface area contributed by atoms with Crippen LogP contribution in [0.15, 0.2) is 18.2 Å². The molecule has 1 aromatic rings. The molecule has 1 amide bonds. The molecule has 4 heteroatoms. The van der Waals surface area contributed by atoms with Gasteiger partial charge in [-0.1, -0.05) is 13.0 Å². The summed E-state index contributed by atoms with van der Waals surface area (Å²) in [7, 11) is 1.60. The molecule has 1 aliphatic rings. The lowest BCUT2D eigenvalue weighted by atomic mass is 9.93. The summed E-state index contributed by atoms with van der Waals surface area (Å²) in [6.07, 6.45) is 1.26. The van der Waals surface area contributed by atoms with Crippen LogP contribution < -0.4 is 4.74 Å². The number of rotatable bonds is 3. The van der Waals surface area contributed by atoms with E-state index in [0.29, 0.717) is 25.1 Å². The standard InChI is InChI=1S/C16H21NO3/c1-4-12-10-17(8-7-14(12)18)16(19)13-6-5-11(2)15(9-13)20-3/h5-6,9,12H,4,7-8,10H2,1-3H3. The van der Waals surface area contributed by atoms with Crippen LogP contribution >= 0.6 is 0 Å². The van der Waals surface area contributed by atoms with Gasteiger partial charge in [0, 0.05) is 31.0 Å². The number of nitrogens with zero attached hydrogens (tertiary/aromatic N) is 1. The van der Waals surface area contributed by atoms with E-state index in [9.17, 15) is 9.59 Å². The molecule has 1 unspecified atom stereocenters. The van der Waals surface area contributed by atoms with Crippen molar-refractivity contribution in [1.82, 2.24) is 4.90 Å². The normalized spacial score (nSPS) is 19.1. The van der Waals surface area contributed by atoms with Gasteiger partial charge in [0.2, 0.25) is 0 Å². The molecule has 0 N–H and O–H groups in total. The number of hydrogen-bond acceptors (Lipinski definition) is 3. The average molecular weight is 275 g/mol. The van der Waals surface area contributed by atoms with E-state index in [-0.39, 0.29) is 17.6 Å². The highest BCUT2D eigenvalue weighted by Gasteiger charge is 2.29. The van der Waals surface area contributed by atoms with Gasteiger partial charge in [-0.25, -0.2) is 0 Å². The van der Waals surface area contributed by atoms with Crippen LogP contribution in [0.5, 0.6) is 5.75 Å². The van der Waals surface area contributed by atoms with Gasteiger partial charge in [0.15, 0.2) is 0 Å². The number of ketones is 1. The topological polar surface area (TPSA) is 46.6 Å². The molecule has 4 nitrogen and oxygen atoms in total. The molecule has 1 saturated heterocycles. The Labute approximate surface area is 119 Å². The molecule has 0 aliphatic carbocycles. The number of piperidine rings is 1. The largest absolute Gasteiger partial charge is 0.496 e. The van der Waals surface area contributed by atoms with Crippen LogP contribution in [0, 0.1) is 12.8 Å². The van der Waals surface area contributed by atoms with Gasteiger partial charge in [0.1, 0.15) is 11.5 Å². The van der Waals surface area contributed by atoms with Crippen LogP contribution in [0.1, 0.15) is 35.7 Å². The quantitative estimate of drug-likeness (QED) is 0.851. The average Bonchev–Trinajstić information content (AvgIpc) is 2.47. The van der Waals surface area contributed by atoms with Crippen molar-refractivity contribution in [2.75, 3.05) is 20.2 Å². The third-order valence-electron chi connectivity index (χ3n) is 3.96. The van der Waals surface area contributed by atoms with E-state index in [4.69, 9.17) is 4.74 Å². The maximum Gasteiger partial charge on any atom is 0.254 e. The van der Waals surface area contributed by atoms with E-state index in [2.05, 4.69) is 0 Å². The van der Waals surface area contributed by atoms with E-state index >= 15 is 0 Å². The maximum atomic E-state index is 12.5. The summed E-state index contributed by atoms with van der Waals surface area (Å²) >= 11 is 0. The number of benzene rings is 1. The van der Waals surface area contributed by atoms with E-state index in [1.165, 1.54) is 0 Å². The van der Waals surface area contributed by atoms with Crippen molar-refractivity contribution in [2.24, 2.45) is 5.92 Å². The van der Waals surface area contributed by atoms with Gasteiger partial charge >= 0.3 is 0 Å². The Bertz CT molecular complexity index is 524. The van der Waals surface area contributed by atoms with Crippen molar-refractivity contribution in [3.8, 4) is 5.75 Å². The van der Waals surface area contributed by atoms with Gasteiger partial charge in [0.25, 0.3) is 5.91 Å². The lowest BCUT2D eigenvalue weighted by Crippen LogP contribution is -2.43. The first-order valence-corrected chi connectivity index (χ1v) is 7.03. The second kappa shape index (κ2) is 6.07. The van der Waals surface area contributed by atoms with E-state index in [1.807, 2.05) is 26.0 Å². The molecule has 1 aromatic carbocycles. The molecule has 0 aromatic heterocycles. The molecule has 0 bridgehead atoms. The molecule has 108 valence electrons. The highest BCUT2D eigenvalue weighted by Crippen LogP contribution is 2.22. The first-order valence-electron chi connectivity index (χ1n) is 7.03. The molecule has 1 fully saturated rings. The fourth-order valence-electron chi connectivity index (χ4n) is 2.59. The second-order valence-electron chi connectivity index (χ2n) is 5.26. The number of carbonyl (C=O) groups excluding carboxylic acids is 2. The third kappa shape index (κ3) is 2.84. The molecular weight excluding hydrogens is 254 g/mol. The molecule has 2 rings (SSSR count). The monoisotopic (exact) mass is 275 g/mol. The lowest BCUT2D eigenvalue weighted by Gasteiger charge is -2.31. The Hall–Kier alpha value is -1.84. The van der Waals surface area contributed by atoms with Gasteiger partial charge in [-0.15, -0.1) is 0 Å².